The first-order valence-electron chi connectivity index (χ1n) is 11.4. The molecule has 1 aromatic carbocycles. The van der Waals surface area contributed by atoms with Gasteiger partial charge in [0.2, 0.25) is 5.91 Å². The average molecular weight is 550 g/mol. The monoisotopic (exact) mass is 549 g/mol. The summed E-state index contributed by atoms with van der Waals surface area (Å²) >= 11 is 3.43. The molecule has 1 heterocycles. The van der Waals surface area contributed by atoms with E-state index < -0.39 is 12.1 Å². The third-order valence-corrected chi connectivity index (χ3v) is 6.42. The third-order valence-electron chi connectivity index (χ3n) is 5.90. The van der Waals surface area contributed by atoms with Gasteiger partial charge in [0.05, 0.1) is 0 Å². The van der Waals surface area contributed by atoms with Crippen molar-refractivity contribution in [2.45, 2.75) is 57.2 Å². The minimum Gasteiger partial charge on any atom is -0.475 e. The first-order chi connectivity index (χ1) is 16.1. The molecule has 1 saturated carbocycles. The molecule has 0 radical (unpaired) electrons. The molecule has 7 nitrogen and oxygen atoms in total. The van der Waals surface area contributed by atoms with E-state index in [0.29, 0.717) is 18.5 Å². The number of piperazine rings is 1. The Bertz CT molecular complexity index is 807. The van der Waals surface area contributed by atoms with Crippen LogP contribution in [0, 0.1) is 0 Å². The SMILES string of the molecule is O=C(CCN(C(=O)c1ccc(Br)cc1)C1CCCCCC1)N1CCNCC1.O=C(O)C(F)(F)F. The van der Waals surface area contributed by atoms with Crippen LogP contribution in [-0.2, 0) is 9.59 Å². The Kier molecular flexibility index (Phi) is 11.3. The standard InChI is InChI=1S/C21H30BrN3O2.C2HF3O2/c22-18-9-7-17(8-10-18)21(27)25(19-5-3-1-2-4-6-19)14-11-20(26)24-15-12-23-13-16-24;3-2(4,5)1(6)7/h7-10,19,23H,1-6,11-16H2;(H,6,7). The van der Waals surface area contributed by atoms with E-state index >= 15 is 0 Å². The van der Waals surface area contributed by atoms with Gasteiger partial charge >= 0.3 is 12.1 Å². The summed E-state index contributed by atoms with van der Waals surface area (Å²) in [5, 5.41) is 10.4. The van der Waals surface area contributed by atoms with E-state index in [0.717, 1.165) is 43.5 Å². The quantitative estimate of drug-likeness (QED) is 0.540. The van der Waals surface area contributed by atoms with Crippen LogP contribution in [0.4, 0.5) is 13.2 Å². The van der Waals surface area contributed by atoms with Crippen molar-refractivity contribution in [2.24, 2.45) is 0 Å². The fourth-order valence-electron chi connectivity index (χ4n) is 4.07. The Morgan fingerprint density at radius 2 is 1.56 bits per heavy atom. The van der Waals surface area contributed by atoms with E-state index in [-0.39, 0.29) is 17.9 Å². The zero-order valence-corrected chi connectivity index (χ0v) is 20.5. The van der Waals surface area contributed by atoms with Gasteiger partial charge in [-0.1, -0.05) is 41.6 Å². The minimum atomic E-state index is -5.08. The van der Waals surface area contributed by atoms with Gasteiger partial charge < -0.3 is 20.2 Å². The van der Waals surface area contributed by atoms with E-state index in [2.05, 4.69) is 21.2 Å². The molecule has 0 unspecified atom stereocenters. The van der Waals surface area contributed by atoms with Gasteiger partial charge in [0.15, 0.2) is 0 Å². The molecule has 11 heteroatoms. The van der Waals surface area contributed by atoms with Crippen molar-refractivity contribution in [3.05, 3.63) is 34.3 Å². The van der Waals surface area contributed by atoms with Crippen LogP contribution in [0.5, 0.6) is 0 Å². The van der Waals surface area contributed by atoms with Crippen molar-refractivity contribution < 1.29 is 32.7 Å². The van der Waals surface area contributed by atoms with Gasteiger partial charge in [-0.05, 0) is 37.1 Å². The Morgan fingerprint density at radius 1 is 1.03 bits per heavy atom. The largest absolute Gasteiger partial charge is 0.490 e. The van der Waals surface area contributed by atoms with Crippen molar-refractivity contribution in [3.63, 3.8) is 0 Å². The second-order valence-electron chi connectivity index (χ2n) is 8.33. The lowest BCUT2D eigenvalue weighted by Gasteiger charge is -2.33. The first kappa shape index (κ1) is 28.1. The predicted octanol–water partition coefficient (Wildman–Crippen LogP) is 4.07. The molecular formula is C23H31BrF3N3O4. The minimum absolute atomic E-state index is 0.0579. The van der Waals surface area contributed by atoms with Gasteiger partial charge in [-0.15, -0.1) is 0 Å². The molecule has 0 aromatic heterocycles. The molecule has 2 amide bonds. The number of alkyl halides is 3. The molecule has 1 aliphatic heterocycles. The predicted molar refractivity (Wildman–Crippen MR) is 124 cm³/mol. The molecule has 2 aliphatic rings. The highest BCUT2D eigenvalue weighted by molar-refractivity contribution is 9.10. The normalized spacial score (nSPS) is 17.2. The summed E-state index contributed by atoms with van der Waals surface area (Å²) in [7, 11) is 0. The summed E-state index contributed by atoms with van der Waals surface area (Å²) < 4.78 is 32.7. The van der Waals surface area contributed by atoms with Crippen LogP contribution >= 0.6 is 15.9 Å². The van der Waals surface area contributed by atoms with Crippen LogP contribution in [0.2, 0.25) is 0 Å². The zero-order valence-electron chi connectivity index (χ0n) is 19.0. The molecule has 2 fully saturated rings. The molecule has 3 rings (SSSR count). The van der Waals surface area contributed by atoms with Crippen molar-refractivity contribution in [1.82, 2.24) is 15.1 Å². The van der Waals surface area contributed by atoms with Gasteiger partial charge in [0.25, 0.3) is 5.91 Å². The maximum absolute atomic E-state index is 13.2. The van der Waals surface area contributed by atoms with Crippen molar-refractivity contribution in [1.29, 1.82) is 0 Å². The highest BCUT2D eigenvalue weighted by Gasteiger charge is 2.38. The van der Waals surface area contributed by atoms with Crippen molar-refractivity contribution in [3.8, 4) is 0 Å². The highest BCUT2D eigenvalue weighted by atomic mass is 79.9. The maximum Gasteiger partial charge on any atom is 0.490 e. The fraction of sp³-hybridized carbons (Fsp3) is 0.609. The number of benzene rings is 1. The first-order valence-corrected chi connectivity index (χ1v) is 12.2. The molecule has 1 saturated heterocycles. The molecule has 34 heavy (non-hydrogen) atoms. The molecule has 190 valence electrons. The summed E-state index contributed by atoms with van der Waals surface area (Å²) in [5.41, 5.74) is 0.706. The molecule has 1 aromatic rings. The van der Waals surface area contributed by atoms with Gasteiger partial charge in [-0.25, -0.2) is 4.79 Å². The zero-order chi connectivity index (χ0) is 25.1. The van der Waals surface area contributed by atoms with E-state index in [4.69, 9.17) is 9.90 Å². The molecule has 2 N–H and O–H groups in total. The summed E-state index contributed by atoms with van der Waals surface area (Å²) in [5.74, 6) is -2.53. The number of carboxylic acids is 1. The number of nitrogens with zero attached hydrogens (tertiary/aromatic N) is 2. The number of halogens is 4. The Balaban J connectivity index is 0.000000509. The Labute approximate surface area is 205 Å². The average Bonchev–Trinajstić information content (AvgIpc) is 3.09. The van der Waals surface area contributed by atoms with E-state index in [9.17, 15) is 22.8 Å². The number of carbonyl (C=O) groups excluding carboxylic acids is 2. The Hall–Kier alpha value is -2.14. The lowest BCUT2D eigenvalue weighted by atomic mass is 10.0. The van der Waals surface area contributed by atoms with Crippen molar-refractivity contribution >= 4 is 33.7 Å². The second-order valence-corrected chi connectivity index (χ2v) is 9.25. The number of rotatable bonds is 5. The third kappa shape index (κ3) is 9.25. The molecular weight excluding hydrogens is 519 g/mol. The fourth-order valence-corrected chi connectivity index (χ4v) is 4.33. The number of aliphatic carboxylic acids is 1. The number of nitrogens with one attached hydrogen (secondary N) is 1. The molecule has 0 atom stereocenters. The number of carboxylic acid groups (broad SMARTS) is 1. The van der Waals surface area contributed by atoms with Crippen LogP contribution in [-0.4, -0.2) is 77.6 Å². The number of amides is 2. The smallest absolute Gasteiger partial charge is 0.475 e. The lowest BCUT2D eigenvalue weighted by molar-refractivity contribution is -0.192. The topological polar surface area (TPSA) is 90.0 Å². The number of hydrogen-bond acceptors (Lipinski definition) is 4. The van der Waals surface area contributed by atoms with Crippen molar-refractivity contribution in [2.75, 3.05) is 32.7 Å². The van der Waals surface area contributed by atoms with Gasteiger partial charge in [0.1, 0.15) is 0 Å². The van der Waals surface area contributed by atoms with E-state index in [1.807, 2.05) is 34.1 Å². The summed E-state index contributed by atoms with van der Waals surface area (Å²) in [4.78, 5) is 38.6. The van der Waals surface area contributed by atoms with Gasteiger partial charge in [-0.2, -0.15) is 13.2 Å². The van der Waals surface area contributed by atoms with Crippen LogP contribution in [0.25, 0.3) is 0 Å². The van der Waals surface area contributed by atoms with E-state index in [1.165, 1.54) is 25.7 Å². The highest BCUT2D eigenvalue weighted by Crippen LogP contribution is 2.24. The lowest BCUT2D eigenvalue weighted by Crippen LogP contribution is -2.48. The maximum atomic E-state index is 13.2. The van der Waals surface area contributed by atoms with Crippen LogP contribution in [0.15, 0.2) is 28.7 Å². The summed E-state index contributed by atoms with van der Waals surface area (Å²) in [6.45, 7) is 3.76. The molecule has 1 aliphatic carbocycles. The number of carbonyl (C=O) groups is 3. The van der Waals surface area contributed by atoms with E-state index in [1.54, 1.807) is 0 Å². The Morgan fingerprint density at radius 3 is 2.06 bits per heavy atom. The van der Waals surface area contributed by atoms with Gasteiger partial charge in [0, 0.05) is 55.2 Å². The summed E-state index contributed by atoms with van der Waals surface area (Å²) in [6.07, 6.45) is 2.25. The van der Waals surface area contributed by atoms with Gasteiger partial charge in [-0.3, -0.25) is 9.59 Å². The molecule has 0 spiro atoms. The summed E-state index contributed by atoms with van der Waals surface area (Å²) in [6, 6.07) is 7.80. The van der Waals surface area contributed by atoms with Crippen LogP contribution < -0.4 is 5.32 Å². The van der Waals surface area contributed by atoms with Crippen LogP contribution in [0.3, 0.4) is 0 Å². The number of hydrogen-bond donors (Lipinski definition) is 2. The second kappa shape index (κ2) is 13.7. The molecule has 0 bridgehead atoms. The van der Waals surface area contributed by atoms with Crippen LogP contribution in [0.1, 0.15) is 55.3 Å².